The van der Waals surface area contributed by atoms with Crippen LogP contribution in [0, 0.1) is 11.8 Å². The fourth-order valence-corrected chi connectivity index (χ4v) is 2.99. The molecule has 0 bridgehead atoms. The third-order valence-corrected chi connectivity index (χ3v) is 4.35. The zero-order valence-electron chi connectivity index (χ0n) is 9.58. The summed E-state index contributed by atoms with van der Waals surface area (Å²) in [7, 11) is 2.07. The van der Waals surface area contributed by atoms with Crippen LogP contribution in [0.4, 0.5) is 0 Å². The smallest absolute Gasteiger partial charge is 0.0928 e. The molecule has 2 N–H and O–H groups in total. The molecular formula is C12H22N2O. The Balaban J connectivity index is 1.45. The second-order valence-electron chi connectivity index (χ2n) is 5.78. The van der Waals surface area contributed by atoms with Gasteiger partial charge in [0.1, 0.15) is 0 Å². The first-order valence-corrected chi connectivity index (χ1v) is 6.33. The summed E-state index contributed by atoms with van der Waals surface area (Å²) in [5.74, 6) is 1.53. The number of likely N-dealkylation sites (tertiary alicyclic amines) is 1. The maximum atomic E-state index is 10.2. The standard InChI is InChI=1S/C12H22N2O/c1-13-11(9-2-3-9)6-14-7-12(15,8-14)10-4-5-10/h9-11,13,15H,2-8H2,1H3. The number of β-amino-alcohol motifs (C(OH)–C–C–N with tert-alkyl or cyclic N) is 1. The quantitative estimate of drug-likeness (QED) is 0.691. The van der Waals surface area contributed by atoms with Crippen LogP contribution >= 0.6 is 0 Å². The van der Waals surface area contributed by atoms with Gasteiger partial charge in [0.15, 0.2) is 0 Å². The molecule has 2 saturated carbocycles. The molecule has 3 fully saturated rings. The van der Waals surface area contributed by atoms with Crippen molar-refractivity contribution in [1.29, 1.82) is 0 Å². The Labute approximate surface area is 91.8 Å². The van der Waals surface area contributed by atoms with Gasteiger partial charge in [-0.05, 0) is 44.6 Å². The van der Waals surface area contributed by atoms with Gasteiger partial charge >= 0.3 is 0 Å². The Morgan fingerprint density at radius 1 is 1.33 bits per heavy atom. The minimum absolute atomic E-state index is 0.304. The monoisotopic (exact) mass is 210 g/mol. The van der Waals surface area contributed by atoms with Gasteiger partial charge in [-0.25, -0.2) is 0 Å². The van der Waals surface area contributed by atoms with Crippen molar-refractivity contribution in [2.75, 3.05) is 26.7 Å². The zero-order valence-corrected chi connectivity index (χ0v) is 9.58. The highest BCUT2D eigenvalue weighted by Crippen LogP contribution is 2.45. The maximum absolute atomic E-state index is 10.2. The van der Waals surface area contributed by atoms with Gasteiger partial charge < -0.3 is 10.4 Å². The third kappa shape index (κ3) is 1.93. The summed E-state index contributed by atoms with van der Waals surface area (Å²) in [5.41, 5.74) is -0.304. The van der Waals surface area contributed by atoms with Crippen LogP contribution in [0.25, 0.3) is 0 Å². The summed E-state index contributed by atoms with van der Waals surface area (Å²) >= 11 is 0. The molecule has 2 aliphatic carbocycles. The van der Waals surface area contributed by atoms with Crippen molar-refractivity contribution in [2.24, 2.45) is 11.8 Å². The number of aliphatic hydroxyl groups is 1. The predicted octanol–water partition coefficient (Wildman–Crippen LogP) is 0.441. The minimum Gasteiger partial charge on any atom is -0.387 e. The lowest BCUT2D eigenvalue weighted by Gasteiger charge is -2.48. The Bertz CT molecular complexity index is 242. The van der Waals surface area contributed by atoms with Gasteiger partial charge in [0.05, 0.1) is 5.60 Å². The van der Waals surface area contributed by atoms with E-state index >= 15 is 0 Å². The second kappa shape index (κ2) is 3.44. The molecular weight excluding hydrogens is 188 g/mol. The first-order valence-electron chi connectivity index (χ1n) is 6.33. The Hall–Kier alpha value is -0.120. The molecule has 1 atom stereocenters. The van der Waals surface area contributed by atoms with Gasteiger partial charge in [-0.2, -0.15) is 0 Å². The Morgan fingerprint density at radius 3 is 2.47 bits per heavy atom. The number of hydrogen-bond donors (Lipinski definition) is 2. The van der Waals surface area contributed by atoms with Crippen molar-refractivity contribution in [3.8, 4) is 0 Å². The van der Waals surface area contributed by atoms with Gasteiger partial charge in [0, 0.05) is 25.7 Å². The highest BCUT2D eigenvalue weighted by Gasteiger charge is 2.52. The van der Waals surface area contributed by atoms with Crippen LogP contribution < -0.4 is 5.32 Å². The summed E-state index contributed by atoms with van der Waals surface area (Å²) in [6, 6.07) is 0.661. The van der Waals surface area contributed by atoms with Crippen molar-refractivity contribution in [2.45, 2.75) is 37.3 Å². The topological polar surface area (TPSA) is 35.5 Å². The molecule has 3 rings (SSSR count). The van der Waals surface area contributed by atoms with E-state index in [4.69, 9.17) is 0 Å². The third-order valence-electron chi connectivity index (χ3n) is 4.35. The van der Waals surface area contributed by atoms with Gasteiger partial charge in [-0.15, -0.1) is 0 Å². The predicted molar refractivity (Wildman–Crippen MR) is 59.7 cm³/mol. The number of nitrogens with one attached hydrogen (secondary N) is 1. The molecule has 1 saturated heterocycles. The normalized spacial score (nSPS) is 32.4. The van der Waals surface area contributed by atoms with Crippen LogP contribution in [-0.2, 0) is 0 Å². The van der Waals surface area contributed by atoms with E-state index in [1.165, 1.54) is 25.7 Å². The Kier molecular flexibility index (Phi) is 2.31. The summed E-state index contributed by atoms with van der Waals surface area (Å²) in [4.78, 5) is 2.41. The van der Waals surface area contributed by atoms with E-state index in [2.05, 4.69) is 17.3 Å². The van der Waals surface area contributed by atoms with Crippen molar-refractivity contribution in [1.82, 2.24) is 10.2 Å². The fraction of sp³-hybridized carbons (Fsp3) is 1.00. The van der Waals surface area contributed by atoms with Crippen molar-refractivity contribution >= 4 is 0 Å². The largest absolute Gasteiger partial charge is 0.387 e. The van der Waals surface area contributed by atoms with Crippen LogP contribution in [-0.4, -0.2) is 48.3 Å². The van der Waals surface area contributed by atoms with Crippen molar-refractivity contribution < 1.29 is 5.11 Å². The van der Waals surface area contributed by atoms with E-state index in [0.717, 1.165) is 25.6 Å². The molecule has 1 unspecified atom stereocenters. The van der Waals surface area contributed by atoms with E-state index in [0.29, 0.717) is 12.0 Å². The van der Waals surface area contributed by atoms with Crippen LogP contribution in [0.2, 0.25) is 0 Å². The molecule has 0 amide bonds. The fourth-order valence-electron chi connectivity index (χ4n) is 2.99. The summed E-state index contributed by atoms with van der Waals surface area (Å²) in [5, 5.41) is 13.6. The average Bonchev–Trinajstić information content (AvgIpc) is 3.03. The Morgan fingerprint density at radius 2 is 2.00 bits per heavy atom. The van der Waals surface area contributed by atoms with Crippen molar-refractivity contribution in [3.05, 3.63) is 0 Å². The highest BCUT2D eigenvalue weighted by molar-refractivity contribution is 5.06. The van der Waals surface area contributed by atoms with E-state index in [9.17, 15) is 5.11 Å². The number of nitrogens with zero attached hydrogens (tertiary/aromatic N) is 1. The van der Waals surface area contributed by atoms with Crippen LogP contribution in [0.5, 0.6) is 0 Å². The van der Waals surface area contributed by atoms with Crippen LogP contribution in [0.3, 0.4) is 0 Å². The molecule has 0 aromatic heterocycles. The molecule has 0 radical (unpaired) electrons. The number of likely N-dealkylation sites (N-methyl/N-ethyl adjacent to an activating group) is 1. The number of rotatable bonds is 5. The van der Waals surface area contributed by atoms with Gasteiger partial charge in [0.25, 0.3) is 0 Å². The van der Waals surface area contributed by atoms with Gasteiger partial charge in [-0.3, -0.25) is 4.90 Å². The lowest BCUT2D eigenvalue weighted by molar-refractivity contribution is -0.115. The van der Waals surface area contributed by atoms with Gasteiger partial charge in [0.2, 0.25) is 0 Å². The second-order valence-corrected chi connectivity index (χ2v) is 5.78. The first kappa shape index (κ1) is 10.1. The van der Waals surface area contributed by atoms with E-state index in [1.807, 2.05) is 0 Å². The zero-order chi connectivity index (χ0) is 10.5. The molecule has 86 valence electrons. The molecule has 3 nitrogen and oxygen atoms in total. The lowest BCUT2D eigenvalue weighted by atomic mass is 9.88. The van der Waals surface area contributed by atoms with E-state index < -0.39 is 0 Å². The average molecular weight is 210 g/mol. The lowest BCUT2D eigenvalue weighted by Crippen LogP contribution is -2.65. The number of hydrogen-bond acceptors (Lipinski definition) is 3. The SMILES string of the molecule is CNC(CN1CC(O)(C2CC2)C1)C1CC1. The summed E-state index contributed by atoms with van der Waals surface area (Å²) in [6.45, 7) is 2.97. The van der Waals surface area contributed by atoms with Crippen molar-refractivity contribution in [3.63, 3.8) is 0 Å². The molecule has 0 aromatic carbocycles. The van der Waals surface area contributed by atoms with Gasteiger partial charge in [-0.1, -0.05) is 0 Å². The van der Waals surface area contributed by atoms with E-state index in [-0.39, 0.29) is 5.60 Å². The van der Waals surface area contributed by atoms with Crippen LogP contribution in [0.1, 0.15) is 25.7 Å². The molecule has 1 aliphatic heterocycles. The van der Waals surface area contributed by atoms with Crippen LogP contribution in [0.15, 0.2) is 0 Å². The molecule has 3 aliphatic rings. The molecule has 15 heavy (non-hydrogen) atoms. The molecule has 1 heterocycles. The van der Waals surface area contributed by atoms with E-state index in [1.54, 1.807) is 0 Å². The summed E-state index contributed by atoms with van der Waals surface area (Å²) < 4.78 is 0. The molecule has 3 heteroatoms. The molecule has 0 spiro atoms. The highest BCUT2D eigenvalue weighted by atomic mass is 16.3. The summed E-state index contributed by atoms with van der Waals surface area (Å²) in [6.07, 6.45) is 5.29. The minimum atomic E-state index is -0.304. The molecule has 0 aromatic rings. The maximum Gasteiger partial charge on any atom is 0.0928 e. The first-order chi connectivity index (χ1) is 7.21.